The number of fused-ring (bicyclic) bond motifs is 3. The van der Waals surface area contributed by atoms with Gasteiger partial charge < -0.3 is 15.5 Å². The Kier molecular flexibility index (Phi) is 5.97. The van der Waals surface area contributed by atoms with Crippen LogP contribution in [0.1, 0.15) is 6.42 Å². The molecular weight excluding hydrogens is 480 g/mol. The number of nitrogens with zero attached hydrogens (tertiary/aromatic N) is 2. The summed E-state index contributed by atoms with van der Waals surface area (Å²) < 4.78 is 0. The third-order valence-corrected chi connectivity index (χ3v) is 8.19. The molecule has 3 aliphatic rings. The van der Waals surface area contributed by atoms with E-state index in [9.17, 15) is 4.79 Å². The number of Topliss-reactive ketones (excluding diaryl/α,β-unsaturated/α-hetero) is 1. The number of rotatable bonds is 6. The molecule has 5 nitrogen and oxygen atoms in total. The lowest BCUT2D eigenvalue weighted by Crippen LogP contribution is -2.39. The highest BCUT2D eigenvalue weighted by Crippen LogP contribution is 2.51. The van der Waals surface area contributed by atoms with Gasteiger partial charge >= 0.3 is 0 Å². The van der Waals surface area contributed by atoms with Crippen LogP contribution < -0.4 is 15.5 Å². The maximum absolute atomic E-state index is 13.6. The molecule has 1 saturated carbocycles. The van der Waals surface area contributed by atoms with Gasteiger partial charge in [-0.2, -0.15) is 0 Å². The molecule has 0 radical (unpaired) electrons. The molecule has 0 spiro atoms. The van der Waals surface area contributed by atoms with Crippen LogP contribution in [0.2, 0.25) is 0 Å². The Morgan fingerprint density at radius 3 is 1.97 bits per heavy atom. The Hall–Kier alpha value is -4.64. The monoisotopic (exact) mass is 510 g/mol. The summed E-state index contributed by atoms with van der Waals surface area (Å²) >= 11 is 0. The zero-order valence-electron chi connectivity index (χ0n) is 21.5. The van der Waals surface area contributed by atoms with Gasteiger partial charge in [-0.1, -0.05) is 72.8 Å². The van der Waals surface area contributed by atoms with E-state index in [4.69, 9.17) is 4.99 Å². The molecule has 0 aromatic heterocycles. The largest absolute Gasteiger partial charge is 0.375 e. The molecule has 2 aliphatic carbocycles. The average molecular weight is 511 g/mol. The van der Waals surface area contributed by atoms with Crippen LogP contribution in [0.4, 0.5) is 22.7 Å². The average Bonchev–Trinajstić information content (AvgIpc) is 3.58. The second-order valence-electron chi connectivity index (χ2n) is 10.5. The van der Waals surface area contributed by atoms with Gasteiger partial charge in [-0.15, -0.1) is 0 Å². The van der Waals surface area contributed by atoms with Crippen molar-refractivity contribution in [1.82, 2.24) is 0 Å². The Balaban J connectivity index is 1.36. The van der Waals surface area contributed by atoms with Crippen molar-refractivity contribution in [2.24, 2.45) is 16.8 Å². The van der Waals surface area contributed by atoms with Crippen molar-refractivity contribution in [1.29, 1.82) is 0 Å². The van der Waals surface area contributed by atoms with Crippen LogP contribution in [-0.2, 0) is 4.79 Å². The molecule has 0 unspecified atom stereocenters. The van der Waals surface area contributed by atoms with E-state index in [1.807, 2.05) is 84.9 Å². The highest BCUT2D eigenvalue weighted by atomic mass is 16.1. The molecule has 4 aromatic rings. The van der Waals surface area contributed by atoms with Crippen LogP contribution in [0.5, 0.6) is 0 Å². The van der Waals surface area contributed by atoms with E-state index in [2.05, 4.69) is 58.0 Å². The van der Waals surface area contributed by atoms with E-state index in [-0.39, 0.29) is 35.7 Å². The highest BCUT2D eigenvalue weighted by Gasteiger charge is 2.61. The van der Waals surface area contributed by atoms with E-state index >= 15 is 0 Å². The number of para-hydroxylation sites is 4. The molecule has 1 saturated heterocycles. The fraction of sp³-hybridized carbons (Fsp3) is 0.176. The Morgan fingerprint density at radius 2 is 1.31 bits per heavy atom. The Bertz CT molecular complexity index is 1520. The van der Waals surface area contributed by atoms with Crippen molar-refractivity contribution in [3.63, 3.8) is 0 Å². The smallest absolute Gasteiger partial charge is 0.157 e. The molecule has 5 heteroatoms. The molecule has 2 fully saturated rings. The number of hydrogen-bond donors (Lipinski definition) is 2. The Morgan fingerprint density at radius 1 is 0.718 bits per heavy atom. The third kappa shape index (κ3) is 4.30. The first kappa shape index (κ1) is 23.5. The minimum Gasteiger partial charge on any atom is -0.375 e. The molecular formula is C34H30N4O. The van der Waals surface area contributed by atoms with Crippen LogP contribution >= 0.6 is 0 Å². The van der Waals surface area contributed by atoms with Crippen molar-refractivity contribution in [2.75, 3.05) is 15.5 Å². The lowest BCUT2D eigenvalue weighted by molar-refractivity contribution is -0.118. The van der Waals surface area contributed by atoms with Crippen molar-refractivity contribution < 1.29 is 4.79 Å². The number of carbonyl (C=O) groups excluding carboxylic acids is 1. The van der Waals surface area contributed by atoms with Crippen molar-refractivity contribution in [3.05, 3.63) is 133 Å². The van der Waals surface area contributed by atoms with Gasteiger partial charge in [0, 0.05) is 41.4 Å². The van der Waals surface area contributed by atoms with Gasteiger partial charge in [-0.05, 0) is 54.6 Å². The fourth-order valence-electron chi connectivity index (χ4n) is 6.64. The van der Waals surface area contributed by atoms with Gasteiger partial charge in [0.1, 0.15) is 0 Å². The zero-order chi connectivity index (χ0) is 26.2. The fourth-order valence-corrected chi connectivity index (χ4v) is 6.64. The maximum Gasteiger partial charge on any atom is 0.157 e. The molecule has 2 N–H and O–H groups in total. The lowest BCUT2D eigenvalue weighted by Gasteiger charge is -2.30. The van der Waals surface area contributed by atoms with Gasteiger partial charge in [0.15, 0.2) is 5.78 Å². The predicted molar refractivity (Wildman–Crippen MR) is 159 cm³/mol. The van der Waals surface area contributed by atoms with Gasteiger partial charge in [-0.3, -0.25) is 9.79 Å². The molecule has 5 atom stereocenters. The number of allylic oxidation sites excluding steroid dienone is 1. The summed E-state index contributed by atoms with van der Waals surface area (Å²) in [6, 6.07) is 40.9. The number of anilines is 3. The van der Waals surface area contributed by atoms with Crippen LogP contribution in [0.25, 0.3) is 0 Å². The quantitative estimate of drug-likeness (QED) is 0.303. The van der Waals surface area contributed by atoms with Gasteiger partial charge in [0.25, 0.3) is 0 Å². The summed E-state index contributed by atoms with van der Waals surface area (Å²) in [5.74, 6) is 0.378. The number of ketones is 1. The molecule has 0 bridgehead atoms. The summed E-state index contributed by atoms with van der Waals surface area (Å²) in [6.07, 6.45) is 2.85. The zero-order valence-corrected chi connectivity index (χ0v) is 21.5. The molecule has 192 valence electrons. The Labute approximate surface area is 228 Å². The van der Waals surface area contributed by atoms with Crippen LogP contribution in [0.3, 0.4) is 0 Å². The standard InChI is InChI=1S/C34H30N4O/c39-30-22-29-32(34(30)37-25-17-9-3-10-18-25)31-28(38(29)26-19-11-4-12-20-26)21-27(35-23-13-5-1-6-14-23)33(31)36-24-15-7-2-8-16-24/h1-21,28-29,31-32,34-35,37H,22H2/t28-,29+,31-,32+,34-/m0/s1. The van der Waals surface area contributed by atoms with Crippen LogP contribution in [0.15, 0.2) is 138 Å². The predicted octanol–water partition coefficient (Wildman–Crippen LogP) is 6.71. The van der Waals surface area contributed by atoms with Crippen LogP contribution in [0, 0.1) is 11.8 Å². The second kappa shape index (κ2) is 9.91. The first-order chi connectivity index (χ1) is 19.3. The summed E-state index contributed by atoms with van der Waals surface area (Å²) in [7, 11) is 0. The van der Waals surface area contributed by atoms with E-state index in [1.54, 1.807) is 0 Å². The summed E-state index contributed by atoms with van der Waals surface area (Å²) in [6.45, 7) is 0. The van der Waals surface area contributed by atoms with Crippen molar-refractivity contribution in [2.45, 2.75) is 24.5 Å². The van der Waals surface area contributed by atoms with Crippen molar-refractivity contribution in [3.8, 4) is 0 Å². The molecule has 4 aromatic carbocycles. The summed E-state index contributed by atoms with van der Waals surface area (Å²) in [5.41, 5.74) is 6.08. The first-order valence-electron chi connectivity index (χ1n) is 13.6. The molecule has 1 aliphatic heterocycles. The van der Waals surface area contributed by atoms with E-state index in [0.717, 1.165) is 34.2 Å². The molecule has 7 rings (SSSR count). The van der Waals surface area contributed by atoms with Gasteiger partial charge in [-0.25, -0.2) is 0 Å². The van der Waals surface area contributed by atoms with Crippen LogP contribution in [-0.4, -0.2) is 29.6 Å². The minimum atomic E-state index is -0.288. The number of aliphatic imine (C=N–C) groups is 1. The maximum atomic E-state index is 13.6. The summed E-state index contributed by atoms with van der Waals surface area (Å²) in [4.78, 5) is 21.4. The van der Waals surface area contributed by atoms with E-state index in [0.29, 0.717) is 6.42 Å². The first-order valence-corrected chi connectivity index (χ1v) is 13.6. The molecule has 39 heavy (non-hydrogen) atoms. The topological polar surface area (TPSA) is 56.7 Å². The normalized spacial score (nSPS) is 26.3. The molecule has 0 amide bonds. The number of carbonyl (C=O) groups is 1. The SMILES string of the molecule is O=C1C[C@@H]2[C@H]([C@H]3C(=Nc4ccccc4)C(Nc4ccccc4)=C[C@@H]3N2c2ccccc2)[C@H]1Nc1ccccc1. The van der Waals surface area contributed by atoms with Crippen molar-refractivity contribution >= 4 is 34.2 Å². The summed E-state index contributed by atoms with van der Waals surface area (Å²) in [5, 5.41) is 7.29. The number of benzene rings is 4. The van der Waals surface area contributed by atoms with Gasteiger partial charge in [0.05, 0.1) is 29.2 Å². The molecule has 1 heterocycles. The van der Waals surface area contributed by atoms with E-state index in [1.165, 1.54) is 0 Å². The van der Waals surface area contributed by atoms with E-state index < -0.39 is 0 Å². The highest BCUT2D eigenvalue weighted by molar-refractivity contribution is 6.10. The second-order valence-corrected chi connectivity index (χ2v) is 10.5. The van der Waals surface area contributed by atoms with Gasteiger partial charge in [0.2, 0.25) is 0 Å². The number of nitrogens with one attached hydrogen (secondary N) is 2. The third-order valence-electron chi connectivity index (χ3n) is 8.19. The lowest BCUT2D eigenvalue weighted by atomic mass is 9.84. The minimum absolute atomic E-state index is 0.0503. The number of hydrogen-bond acceptors (Lipinski definition) is 5.